The summed E-state index contributed by atoms with van der Waals surface area (Å²) in [6.45, 7) is 9.81. The number of hydrogen-bond acceptors (Lipinski definition) is 2. The van der Waals surface area contributed by atoms with Crippen LogP contribution in [0, 0.1) is 29.1 Å². The predicted molar refractivity (Wildman–Crippen MR) is 56.4 cm³/mol. The van der Waals surface area contributed by atoms with Gasteiger partial charge in [-0.1, -0.05) is 27.7 Å². The van der Waals surface area contributed by atoms with Crippen LogP contribution in [-0.4, -0.2) is 11.9 Å². The minimum atomic E-state index is -0.531. The zero-order valence-corrected chi connectivity index (χ0v) is 9.66. The first-order valence-electron chi connectivity index (χ1n) is 5.10. The first-order valence-corrected chi connectivity index (χ1v) is 5.10. The molecule has 0 bridgehead atoms. The molecule has 0 aromatic heterocycles. The molecule has 0 aromatic rings. The van der Waals surface area contributed by atoms with Crippen molar-refractivity contribution in [1.82, 2.24) is 5.32 Å². The fourth-order valence-corrected chi connectivity index (χ4v) is 0.991. The van der Waals surface area contributed by atoms with Crippen LogP contribution in [0.15, 0.2) is 0 Å². The standard InChI is InChI=1S/C11H20N2O/c1-7(2)9(5)13-11(14)10(6-12)8(3)4/h7-10H,1-5H3,(H,13,14). The van der Waals surface area contributed by atoms with Crippen LogP contribution in [0.2, 0.25) is 0 Å². The van der Waals surface area contributed by atoms with Crippen molar-refractivity contribution in [3.8, 4) is 6.07 Å². The topological polar surface area (TPSA) is 52.9 Å². The van der Waals surface area contributed by atoms with E-state index < -0.39 is 5.92 Å². The molecule has 0 aliphatic carbocycles. The Morgan fingerprint density at radius 1 is 1.14 bits per heavy atom. The van der Waals surface area contributed by atoms with E-state index in [-0.39, 0.29) is 17.9 Å². The van der Waals surface area contributed by atoms with Crippen LogP contribution >= 0.6 is 0 Å². The molecule has 0 rings (SSSR count). The molecule has 1 amide bonds. The van der Waals surface area contributed by atoms with Crippen molar-refractivity contribution in [2.75, 3.05) is 0 Å². The summed E-state index contributed by atoms with van der Waals surface area (Å²) < 4.78 is 0. The molecular weight excluding hydrogens is 176 g/mol. The maximum absolute atomic E-state index is 11.6. The normalized spacial score (nSPS) is 15.0. The highest BCUT2D eigenvalue weighted by Gasteiger charge is 2.23. The number of hydrogen-bond donors (Lipinski definition) is 1. The molecule has 2 atom stereocenters. The van der Waals surface area contributed by atoms with Crippen molar-refractivity contribution >= 4 is 5.91 Å². The summed E-state index contributed by atoms with van der Waals surface area (Å²) in [7, 11) is 0. The Labute approximate surface area is 86.5 Å². The zero-order chi connectivity index (χ0) is 11.3. The molecule has 0 saturated heterocycles. The predicted octanol–water partition coefficient (Wildman–Crippen LogP) is 1.94. The van der Waals surface area contributed by atoms with E-state index in [1.54, 1.807) is 0 Å². The minimum absolute atomic E-state index is 0.0689. The second kappa shape index (κ2) is 5.64. The van der Waals surface area contributed by atoms with Gasteiger partial charge in [0.1, 0.15) is 5.92 Å². The van der Waals surface area contributed by atoms with Crippen molar-refractivity contribution in [3.05, 3.63) is 0 Å². The summed E-state index contributed by atoms with van der Waals surface area (Å²) in [5.74, 6) is -0.218. The molecule has 3 nitrogen and oxygen atoms in total. The van der Waals surface area contributed by atoms with Gasteiger partial charge in [-0.3, -0.25) is 4.79 Å². The monoisotopic (exact) mass is 196 g/mol. The maximum atomic E-state index is 11.6. The summed E-state index contributed by atoms with van der Waals surface area (Å²) in [6.07, 6.45) is 0. The summed E-state index contributed by atoms with van der Waals surface area (Å²) in [6, 6.07) is 2.16. The second-order valence-corrected chi connectivity index (χ2v) is 4.39. The first kappa shape index (κ1) is 13.0. The number of nitriles is 1. The Balaban J connectivity index is 4.27. The van der Waals surface area contributed by atoms with E-state index in [1.165, 1.54) is 0 Å². The van der Waals surface area contributed by atoms with Crippen molar-refractivity contribution in [1.29, 1.82) is 5.26 Å². The molecule has 2 unspecified atom stereocenters. The average molecular weight is 196 g/mol. The lowest BCUT2D eigenvalue weighted by Gasteiger charge is -2.20. The van der Waals surface area contributed by atoms with Crippen LogP contribution in [0.3, 0.4) is 0 Å². The number of amides is 1. The van der Waals surface area contributed by atoms with Crippen molar-refractivity contribution in [3.63, 3.8) is 0 Å². The van der Waals surface area contributed by atoms with Crippen LogP contribution in [0.1, 0.15) is 34.6 Å². The fourth-order valence-electron chi connectivity index (χ4n) is 0.991. The van der Waals surface area contributed by atoms with Gasteiger partial charge < -0.3 is 5.32 Å². The molecule has 0 saturated carbocycles. The number of carbonyl (C=O) groups excluding carboxylic acids is 1. The van der Waals surface area contributed by atoms with E-state index in [9.17, 15) is 4.79 Å². The fraction of sp³-hybridized carbons (Fsp3) is 0.818. The molecule has 14 heavy (non-hydrogen) atoms. The van der Waals surface area contributed by atoms with Gasteiger partial charge in [-0.05, 0) is 18.8 Å². The van der Waals surface area contributed by atoms with E-state index >= 15 is 0 Å². The summed E-state index contributed by atoms with van der Waals surface area (Å²) in [4.78, 5) is 11.6. The Bertz CT molecular complexity index is 228. The lowest BCUT2D eigenvalue weighted by atomic mass is 9.95. The third-order valence-electron chi connectivity index (χ3n) is 2.46. The van der Waals surface area contributed by atoms with Crippen molar-refractivity contribution in [2.45, 2.75) is 40.7 Å². The molecule has 0 aromatic carbocycles. The highest BCUT2D eigenvalue weighted by atomic mass is 16.1. The average Bonchev–Trinajstić information content (AvgIpc) is 2.04. The second-order valence-electron chi connectivity index (χ2n) is 4.39. The lowest BCUT2D eigenvalue weighted by molar-refractivity contribution is -0.125. The number of nitrogens with one attached hydrogen (secondary N) is 1. The molecule has 0 radical (unpaired) electrons. The Morgan fingerprint density at radius 3 is 1.93 bits per heavy atom. The highest BCUT2D eigenvalue weighted by molar-refractivity contribution is 5.81. The molecule has 0 aliphatic heterocycles. The Morgan fingerprint density at radius 2 is 1.64 bits per heavy atom. The van der Waals surface area contributed by atoms with Crippen LogP contribution in [0.4, 0.5) is 0 Å². The quantitative estimate of drug-likeness (QED) is 0.747. The SMILES string of the molecule is CC(C)C(C)NC(=O)C(C#N)C(C)C. The molecule has 1 N–H and O–H groups in total. The zero-order valence-electron chi connectivity index (χ0n) is 9.66. The van der Waals surface area contributed by atoms with Gasteiger partial charge in [0.15, 0.2) is 0 Å². The molecule has 0 heterocycles. The largest absolute Gasteiger partial charge is 0.352 e. The van der Waals surface area contributed by atoms with Crippen molar-refractivity contribution in [2.24, 2.45) is 17.8 Å². The summed E-state index contributed by atoms with van der Waals surface area (Å²) in [5.41, 5.74) is 0. The van der Waals surface area contributed by atoms with E-state index in [0.29, 0.717) is 5.92 Å². The van der Waals surface area contributed by atoms with Gasteiger partial charge in [0, 0.05) is 6.04 Å². The molecule has 0 fully saturated rings. The molecule has 0 spiro atoms. The van der Waals surface area contributed by atoms with Crippen molar-refractivity contribution < 1.29 is 4.79 Å². The highest BCUT2D eigenvalue weighted by Crippen LogP contribution is 2.10. The minimum Gasteiger partial charge on any atom is -0.352 e. The van der Waals surface area contributed by atoms with Crippen LogP contribution < -0.4 is 5.32 Å². The van der Waals surface area contributed by atoms with E-state index in [0.717, 1.165) is 0 Å². The van der Waals surface area contributed by atoms with E-state index in [4.69, 9.17) is 5.26 Å². The Hall–Kier alpha value is -1.04. The molecule has 0 aliphatic rings. The lowest BCUT2D eigenvalue weighted by Crippen LogP contribution is -2.41. The Kier molecular flexibility index (Phi) is 5.22. The van der Waals surface area contributed by atoms with E-state index in [2.05, 4.69) is 5.32 Å². The van der Waals surface area contributed by atoms with Gasteiger partial charge in [0.05, 0.1) is 6.07 Å². The first-order chi connectivity index (χ1) is 6.40. The van der Waals surface area contributed by atoms with Gasteiger partial charge in [0.2, 0.25) is 5.91 Å². The van der Waals surface area contributed by atoms with Gasteiger partial charge in [-0.25, -0.2) is 0 Å². The van der Waals surface area contributed by atoms with E-state index in [1.807, 2.05) is 40.7 Å². The van der Waals surface area contributed by atoms with Crippen LogP contribution in [0.5, 0.6) is 0 Å². The molecule has 3 heteroatoms. The molecule has 80 valence electrons. The van der Waals surface area contributed by atoms with Gasteiger partial charge in [0.25, 0.3) is 0 Å². The van der Waals surface area contributed by atoms with Gasteiger partial charge in [-0.2, -0.15) is 5.26 Å². The third kappa shape index (κ3) is 3.78. The number of nitrogens with zero attached hydrogens (tertiary/aromatic N) is 1. The van der Waals surface area contributed by atoms with Gasteiger partial charge in [-0.15, -0.1) is 0 Å². The van der Waals surface area contributed by atoms with Gasteiger partial charge >= 0.3 is 0 Å². The molecular formula is C11H20N2O. The smallest absolute Gasteiger partial charge is 0.237 e. The summed E-state index contributed by atoms with van der Waals surface area (Å²) in [5, 5.41) is 11.7. The number of rotatable bonds is 4. The van der Waals surface area contributed by atoms with Crippen LogP contribution in [0.25, 0.3) is 0 Å². The maximum Gasteiger partial charge on any atom is 0.237 e. The number of carbonyl (C=O) groups is 1. The summed E-state index contributed by atoms with van der Waals surface area (Å²) >= 11 is 0. The third-order valence-corrected chi connectivity index (χ3v) is 2.46. The van der Waals surface area contributed by atoms with Crippen LogP contribution in [-0.2, 0) is 4.79 Å².